The molecule has 4 N–H and O–H groups in total. The summed E-state index contributed by atoms with van der Waals surface area (Å²) in [7, 11) is 0. The molecule has 0 saturated carbocycles. The lowest BCUT2D eigenvalue weighted by atomic mass is 10.0. The summed E-state index contributed by atoms with van der Waals surface area (Å²) in [4.78, 5) is 27.8. The molecule has 4 aromatic heterocycles. The minimum absolute atomic E-state index is 0.152. The largest absolute Gasteiger partial charge is 0.418 e. The first-order valence-electron chi connectivity index (χ1n) is 11.2. The number of hydrogen-bond acceptors (Lipinski definition) is 5. The highest BCUT2D eigenvalue weighted by Gasteiger charge is 2.34. The maximum atomic E-state index is 13.5. The Hall–Kier alpha value is -4.93. The van der Waals surface area contributed by atoms with Crippen molar-refractivity contribution in [1.29, 1.82) is 0 Å². The number of aromatic amines is 2. The molecule has 0 unspecified atom stereocenters. The SMILES string of the molecule is Cc1nc2cc(-n3ncc(C(=O)c4cc5ccc(-c6ncccc6C(F)(F)F)cc5[nH]4)c3N)ccc2[nH]1. The minimum Gasteiger partial charge on any atom is -0.383 e. The standard InChI is InChI=1S/C26H18F3N7O/c1-13-33-19-7-6-16(11-21(19)34-13)36-25(30)17(12-32-36)24(37)22-9-14-4-5-15(10-20(14)35-22)23-18(26(27,28)29)3-2-8-31-23/h2-12,35H,30H2,1H3,(H,33,34). The fourth-order valence-corrected chi connectivity index (χ4v) is 4.40. The van der Waals surface area contributed by atoms with E-state index in [0.717, 1.165) is 22.9 Å². The number of H-pyrrole nitrogens is 2. The van der Waals surface area contributed by atoms with Gasteiger partial charge in [-0.1, -0.05) is 12.1 Å². The van der Waals surface area contributed by atoms with Gasteiger partial charge in [0.2, 0.25) is 5.78 Å². The van der Waals surface area contributed by atoms with E-state index in [1.54, 1.807) is 18.2 Å². The van der Waals surface area contributed by atoms with Crippen LogP contribution in [0.15, 0.2) is 67.0 Å². The van der Waals surface area contributed by atoms with E-state index < -0.39 is 17.5 Å². The molecule has 0 amide bonds. The van der Waals surface area contributed by atoms with Gasteiger partial charge in [-0.3, -0.25) is 9.78 Å². The van der Waals surface area contributed by atoms with Gasteiger partial charge in [-0.2, -0.15) is 18.3 Å². The van der Waals surface area contributed by atoms with Crippen LogP contribution in [0.25, 0.3) is 38.9 Å². The molecule has 0 aliphatic rings. The van der Waals surface area contributed by atoms with Crippen molar-refractivity contribution in [2.24, 2.45) is 0 Å². The number of carbonyl (C=O) groups is 1. The first-order chi connectivity index (χ1) is 17.7. The molecule has 6 rings (SSSR count). The number of pyridine rings is 1. The Morgan fingerprint density at radius 1 is 1.03 bits per heavy atom. The molecular weight excluding hydrogens is 483 g/mol. The number of benzene rings is 2. The zero-order chi connectivity index (χ0) is 25.9. The Morgan fingerprint density at radius 3 is 2.68 bits per heavy atom. The van der Waals surface area contributed by atoms with Crippen LogP contribution >= 0.6 is 0 Å². The lowest BCUT2D eigenvalue weighted by Crippen LogP contribution is -2.08. The van der Waals surface area contributed by atoms with E-state index in [1.165, 1.54) is 29.2 Å². The van der Waals surface area contributed by atoms with Gasteiger partial charge in [0.25, 0.3) is 0 Å². The number of ketones is 1. The summed E-state index contributed by atoms with van der Waals surface area (Å²) in [5.41, 5.74) is 8.72. The molecule has 0 fully saturated rings. The minimum atomic E-state index is -4.55. The highest BCUT2D eigenvalue weighted by atomic mass is 19.4. The van der Waals surface area contributed by atoms with E-state index in [-0.39, 0.29) is 28.3 Å². The molecule has 4 heterocycles. The molecule has 0 saturated heterocycles. The van der Waals surface area contributed by atoms with Crippen LogP contribution in [0.3, 0.4) is 0 Å². The number of fused-ring (bicyclic) bond motifs is 2. The average molecular weight is 501 g/mol. The highest BCUT2D eigenvalue weighted by Crippen LogP contribution is 2.36. The normalized spacial score (nSPS) is 12.0. The second-order valence-electron chi connectivity index (χ2n) is 8.59. The number of halogens is 3. The van der Waals surface area contributed by atoms with E-state index in [4.69, 9.17) is 5.73 Å². The van der Waals surface area contributed by atoms with E-state index >= 15 is 0 Å². The van der Waals surface area contributed by atoms with Gasteiger partial charge < -0.3 is 15.7 Å². The average Bonchev–Trinajstić information content (AvgIpc) is 3.57. The van der Waals surface area contributed by atoms with Gasteiger partial charge >= 0.3 is 6.18 Å². The van der Waals surface area contributed by atoms with Gasteiger partial charge in [-0.05, 0) is 49.4 Å². The summed E-state index contributed by atoms with van der Waals surface area (Å²) in [6.07, 6.45) is -1.85. The number of rotatable bonds is 4. The van der Waals surface area contributed by atoms with Crippen LogP contribution in [0.4, 0.5) is 19.0 Å². The summed E-state index contributed by atoms with van der Waals surface area (Å²) < 4.78 is 41.9. The summed E-state index contributed by atoms with van der Waals surface area (Å²) >= 11 is 0. The van der Waals surface area contributed by atoms with E-state index in [9.17, 15) is 18.0 Å². The fraction of sp³-hybridized carbons (Fsp3) is 0.0769. The predicted molar refractivity (Wildman–Crippen MR) is 132 cm³/mol. The van der Waals surface area contributed by atoms with Crippen LogP contribution in [0.2, 0.25) is 0 Å². The van der Waals surface area contributed by atoms with Crippen LogP contribution in [0, 0.1) is 6.92 Å². The second kappa shape index (κ2) is 8.05. The van der Waals surface area contributed by atoms with Gasteiger partial charge in [0.15, 0.2) is 0 Å². The third kappa shape index (κ3) is 3.80. The summed E-state index contributed by atoms with van der Waals surface area (Å²) in [5, 5.41) is 4.95. The Bertz CT molecular complexity index is 1830. The Labute approximate surface area is 207 Å². The summed E-state index contributed by atoms with van der Waals surface area (Å²) in [6.45, 7) is 1.85. The molecule has 2 aromatic carbocycles. The number of nitrogens with one attached hydrogen (secondary N) is 2. The summed E-state index contributed by atoms with van der Waals surface area (Å²) in [6, 6.07) is 14.1. The molecule has 37 heavy (non-hydrogen) atoms. The first kappa shape index (κ1) is 22.5. The lowest BCUT2D eigenvalue weighted by molar-refractivity contribution is -0.137. The lowest BCUT2D eigenvalue weighted by Gasteiger charge is -2.11. The molecule has 0 atom stereocenters. The molecule has 0 spiro atoms. The van der Waals surface area contributed by atoms with Crippen LogP contribution < -0.4 is 5.73 Å². The second-order valence-corrected chi connectivity index (χ2v) is 8.59. The quantitative estimate of drug-likeness (QED) is 0.278. The van der Waals surface area contributed by atoms with Gasteiger partial charge in [0.1, 0.15) is 11.6 Å². The van der Waals surface area contributed by atoms with Crippen molar-refractivity contribution in [3.05, 3.63) is 89.6 Å². The molecule has 6 aromatic rings. The maximum absolute atomic E-state index is 13.5. The van der Waals surface area contributed by atoms with Crippen molar-refractivity contribution >= 4 is 33.5 Å². The highest BCUT2D eigenvalue weighted by molar-refractivity contribution is 6.12. The molecule has 0 aliphatic carbocycles. The van der Waals surface area contributed by atoms with Crippen molar-refractivity contribution < 1.29 is 18.0 Å². The van der Waals surface area contributed by atoms with Gasteiger partial charge in [0, 0.05) is 22.7 Å². The first-order valence-corrected chi connectivity index (χ1v) is 11.2. The summed E-state index contributed by atoms with van der Waals surface area (Å²) in [5.74, 6) is 0.530. The monoisotopic (exact) mass is 501 g/mol. The van der Waals surface area contributed by atoms with E-state index in [2.05, 4.69) is 25.0 Å². The molecule has 8 nitrogen and oxygen atoms in total. The van der Waals surface area contributed by atoms with E-state index in [0.29, 0.717) is 16.6 Å². The van der Waals surface area contributed by atoms with Crippen molar-refractivity contribution in [2.45, 2.75) is 13.1 Å². The fourth-order valence-electron chi connectivity index (χ4n) is 4.40. The number of nitrogens with two attached hydrogens (primary N) is 1. The number of anilines is 1. The van der Waals surface area contributed by atoms with E-state index in [1.807, 2.05) is 25.1 Å². The van der Waals surface area contributed by atoms with Crippen molar-refractivity contribution in [1.82, 2.24) is 29.7 Å². The van der Waals surface area contributed by atoms with Gasteiger partial charge in [-0.25, -0.2) is 9.67 Å². The number of aryl methyl sites for hydroxylation is 1. The Kier molecular flexibility index (Phi) is 4.90. The number of nitrogens with zero attached hydrogens (tertiary/aromatic N) is 4. The molecule has 0 aliphatic heterocycles. The Balaban J connectivity index is 1.35. The predicted octanol–water partition coefficient (Wildman–Crippen LogP) is 5.43. The van der Waals surface area contributed by atoms with Crippen LogP contribution in [0.5, 0.6) is 0 Å². The molecular formula is C26H18F3N7O. The van der Waals surface area contributed by atoms with Gasteiger partial charge in [0.05, 0.1) is 45.4 Å². The number of carbonyl (C=O) groups excluding carboxylic acids is 1. The third-order valence-electron chi connectivity index (χ3n) is 6.13. The van der Waals surface area contributed by atoms with Crippen molar-refractivity contribution in [3.8, 4) is 16.9 Å². The number of nitrogen functional groups attached to an aromatic ring is 1. The van der Waals surface area contributed by atoms with Crippen LogP contribution in [-0.2, 0) is 6.18 Å². The number of hydrogen-bond donors (Lipinski definition) is 3. The topological polar surface area (TPSA) is 118 Å². The molecule has 0 radical (unpaired) electrons. The third-order valence-corrected chi connectivity index (χ3v) is 6.13. The van der Waals surface area contributed by atoms with Crippen LogP contribution in [0.1, 0.15) is 27.4 Å². The molecule has 0 bridgehead atoms. The van der Waals surface area contributed by atoms with Crippen molar-refractivity contribution in [3.63, 3.8) is 0 Å². The van der Waals surface area contributed by atoms with Gasteiger partial charge in [-0.15, -0.1) is 0 Å². The molecule has 11 heteroatoms. The zero-order valence-corrected chi connectivity index (χ0v) is 19.3. The van der Waals surface area contributed by atoms with Crippen LogP contribution in [-0.4, -0.2) is 35.5 Å². The Morgan fingerprint density at radius 2 is 1.86 bits per heavy atom. The molecule has 184 valence electrons. The number of aromatic nitrogens is 6. The number of alkyl halides is 3. The zero-order valence-electron chi connectivity index (χ0n) is 19.3. The van der Waals surface area contributed by atoms with Crippen molar-refractivity contribution in [2.75, 3.05) is 5.73 Å². The smallest absolute Gasteiger partial charge is 0.383 e. The number of imidazole rings is 1. The maximum Gasteiger partial charge on any atom is 0.418 e.